The van der Waals surface area contributed by atoms with E-state index >= 15 is 0 Å². The molecule has 0 radical (unpaired) electrons. The average molecular weight is 318 g/mol. The molecule has 1 atom stereocenters. The fraction of sp³-hybridized carbons (Fsp3) is 0.933. The Hall–Kier alpha value is -0.620. The van der Waals surface area contributed by atoms with E-state index in [1.165, 1.54) is 23.6 Å². The van der Waals surface area contributed by atoms with E-state index in [9.17, 15) is 13.2 Å². The second-order valence-corrected chi connectivity index (χ2v) is 8.06. The predicted octanol–water partition coefficient (Wildman–Crippen LogP) is 2.13. The Balaban J connectivity index is 2.30. The van der Waals surface area contributed by atoms with Gasteiger partial charge in [-0.05, 0) is 26.2 Å². The Morgan fingerprint density at radius 2 is 1.90 bits per heavy atom. The Bertz CT molecular complexity index is 409. The predicted molar refractivity (Wildman–Crippen MR) is 85.5 cm³/mol. The molecule has 1 aliphatic heterocycles. The second kappa shape index (κ2) is 9.41. The van der Waals surface area contributed by atoms with E-state index in [-0.39, 0.29) is 17.6 Å². The molecule has 1 fully saturated rings. The average Bonchev–Trinajstić information content (AvgIpc) is 2.50. The summed E-state index contributed by atoms with van der Waals surface area (Å²) in [6.45, 7) is 5.44. The third-order valence-corrected chi connectivity index (χ3v) is 5.94. The highest BCUT2D eigenvalue weighted by atomic mass is 32.2. The van der Waals surface area contributed by atoms with Crippen molar-refractivity contribution in [2.45, 2.75) is 58.8 Å². The van der Waals surface area contributed by atoms with Crippen molar-refractivity contribution < 1.29 is 13.2 Å². The van der Waals surface area contributed by atoms with Gasteiger partial charge in [0, 0.05) is 19.6 Å². The Morgan fingerprint density at radius 3 is 2.57 bits per heavy atom. The van der Waals surface area contributed by atoms with E-state index in [1.54, 1.807) is 6.92 Å². The van der Waals surface area contributed by atoms with Crippen molar-refractivity contribution >= 4 is 15.9 Å². The molecule has 0 bridgehead atoms. The molecule has 0 aromatic rings. The molecular formula is C15H30N2O3S. The maximum absolute atomic E-state index is 12.1. The van der Waals surface area contributed by atoms with Crippen molar-refractivity contribution in [2.24, 2.45) is 5.92 Å². The summed E-state index contributed by atoms with van der Waals surface area (Å²) in [6.07, 6.45) is 7.41. The monoisotopic (exact) mass is 318 g/mol. The van der Waals surface area contributed by atoms with E-state index in [0.717, 1.165) is 25.7 Å². The number of amides is 1. The Labute approximate surface area is 129 Å². The first kappa shape index (κ1) is 18.4. The summed E-state index contributed by atoms with van der Waals surface area (Å²) in [5.41, 5.74) is 0. The zero-order valence-electron chi connectivity index (χ0n) is 13.4. The lowest BCUT2D eigenvalue weighted by molar-refractivity contribution is -0.126. The van der Waals surface area contributed by atoms with Gasteiger partial charge in [0.25, 0.3) is 0 Å². The molecule has 0 saturated carbocycles. The number of carbonyl (C=O) groups is 1. The smallest absolute Gasteiger partial charge is 0.224 e. The fourth-order valence-electron chi connectivity index (χ4n) is 2.68. The van der Waals surface area contributed by atoms with Crippen LogP contribution in [-0.4, -0.2) is 44.0 Å². The minimum Gasteiger partial charge on any atom is -0.356 e. The van der Waals surface area contributed by atoms with Gasteiger partial charge in [0.05, 0.1) is 11.7 Å². The summed E-state index contributed by atoms with van der Waals surface area (Å²) in [5, 5.41) is 2.96. The minimum atomic E-state index is -3.17. The maximum atomic E-state index is 12.1. The summed E-state index contributed by atoms with van der Waals surface area (Å²) in [4.78, 5) is 12.1. The zero-order chi connectivity index (χ0) is 15.7. The van der Waals surface area contributed by atoms with Gasteiger partial charge < -0.3 is 5.32 Å². The summed E-state index contributed by atoms with van der Waals surface area (Å²) in [6, 6.07) is 0. The number of sulfonamides is 1. The highest BCUT2D eigenvalue weighted by molar-refractivity contribution is 7.89. The number of nitrogens with zero attached hydrogens (tertiary/aromatic N) is 1. The van der Waals surface area contributed by atoms with Crippen LogP contribution in [0.25, 0.3) is 0 Å². The molecule has 1 aliphatic rings. The molecular weight excluding hydrogens is 288 g/mol. The van der Waals surface area contributed by atoms with Crippen LogP contribution < -0.4 is 5.32 Å². The summed E-state index contributed by atoms with van der Waals surface area (Å²) in [7, 11) is -3.17. The van der Waals surface area contributed by atoms with Crippen LogP contribution in [0.2, 0.25) is 0 Å². The number of rotatable bonds is 9. The van der Waals surface area contributed by atoms with Crippen LogP contribution >= 0.6 is 0 Å². The number of carbonyl (C=O) groups excluding carboxylic acids is 1. The molecule has 0 aliphatic carbocycles. The molecule has 0 aromatic carbocycles. The van der Waals surface area contributed by atoms with Crippen molar-refractivity contribution in [3.63, 3.8) is 0 Å². The molecule has 124 valence electrons. The first-order valence-corrected chi connectivity index (χ1v) is 9.87. The fourth-order valence-corrected chi connectivity index (χ4v) is 3.86. The molecule has 1 rings (SSSR count). The largest absolute Gasteiger partial charge is 0.356 e. The van der Waals surface area contributed by atoms with E-state index in [1.807, 2.05) is 0 Å². The number of nitrogens with one attached hydrogen (secondary N) is 1. The van der Waals surface area contributed by atoms with Gasteiger partial charge in [0.2, 0.25) is 15.9 Å². The van der Waals surface area contributed by atoms with Gasteiger partial charge in [0.15, 0.2) is 0 Å². The van der Waals surface area contributed by atoms with Crippen molar-refractivity contribution in [2.75, 3.05) is 25.4 Å². The first-order chi connectivity index (χ1) is 10.0. The van der Waals surface area contributed by atoms with Crippen LogP contribution in [0.15, 0.2) is 0 Å². The van der Waals surface area contributed by atoms with Crippen molar-refractivity contribution in [3.05, 3.63) is 0 Å². The Kier molecular flexibility index (Phi) is 8.26. The lowest BCUT2D eigenvalue weighted by Crippen LogP contribution is -2.46. The molecule has 21 heavy (non-hydrogen) atoms. The van der Waals surface area contributed by atoms with Gasteiger partial charge in [-0.15, -0.1) is 0 Å². The normalized spacial score (nSPS) is 20.4. The number of hydrogen-bond donors (Lipinski definition) is 1. The third-order valence-electron chi connectivity index (χ3n) is 4.09. The molecule has 0 spiro atoms. The number of piperidine rings is 1. The quantitative estimate of drug-likeness (QED) is 0.662. The topological polar surface area (TPSA) is 66.5 Å². The van der Waals surface area contributed by atoms with Crippen LogP contribution in [0, 0.1) is 5.92 Å². The number of hydrogen-bond acceptors (Lipinski definition) is 3. The molecule has 6 heteroatoms. The van der Waals surface area contributed by atoms with Crippen molar-refractivity contribution in [3.8, 4) is 0 Å². The SMILES string of the molecule is CCCCCCCNC(=O)[C@@H]1CCCN(S(=O)(=O)CC)C1. The standard InChI is InChI=1S/C15H30N2O3S/c1-3-5-6-7-8-11-16-15(18)14-10-9-12-17(13-14)21(19,20)4-2/h14H,3-13H2,1-2H3,(H,16,18)/t14-/m1/s1. The van der Waals surface area contributed by atoms with Crippen molar-refractivity contribution in [1.82, 2.24) is 9.62 Å². The molecule has 1 heterocycles. The highest BCUT2D eigenvalue weighted by Gasteiger charge is 2.31. The van der Waals surface area contributed by atoms with Gasteiger partial charge in [-0.2, -0.15) is 0 Å². The van der Waals surface area contributed by atoms with Crippen LogP contribution in [0.5, 0.6) is 0 Å². The van der Waals surface area contributed by atoms with Crippen molar-refractivity contribution in [1.29, 1.82) is 0 Å². The molecule has 5 nitrogen and oxygen atoms in total. The third kappa shape index (κ3) is 6.34. The molecule has 1 saturated heterocycles. The maximum Gasteiger partial charge on any atom is 0.224 e. The molecule has 0 aromatic heterocycles. The van der Waals surface area contributed by atoms with Crippen LogP contribution in [-0.2, 0) is 14.8 Å². The summed E-state index contributed by atoms with van der Waals surface area (Å²) < 4.78 is 25.2. The molecule has 0 unspecified atom stereocenters. The summed E-state index contributed by atoms with van der Waals surface area (Å²) in [5.74, 6) is -0.0594. The van der Waals surface area contributed by atoms with Crippen LogP contribution in [0.1, 0.15) is 58.8 Å². The van der Waals surface area contributed by atoms with Crippen LogP contribution in [0.4, 0.5) is 0 Å². The van der Waals surface area contributed by atoms with E-state index in [0.29, 0.717) is 19.6 Å². The van der Waals surface area contributed by atoms with Gasteiger partial charge in [-0.25, -0.2) is 12.7 Å². The van der Waals surface area contributed by atoms with Gasteiger partial charge in [-0.1, -0.05) is 32.6 Å². The van der Waals surface area contributed by atoms with Gasteiger partial charge in [0.1, 0.15) is 0 Å². The Morgan fingerprint density at radius 1 is 1.19 bits per heavy atom. The van der Waals surface area contributed by atoms with Crippen LogP contribution in [0.3, 0.4) is 0 Å². The van der Waals surface area contributed by atoms with Gasteiger partial charge in [-0.3, -0.25) is 4.79 Å². The molecule has 1 amide bonds. The van der Waals surface area contributed by atoms with E-state index < -0.39 is 10.0 Å². The lowest BCUT2D eigenvalue weighted by atomic mass is 9.99. The minimum absolute atomic E-state index is 0.0153. The highest BCUT2D eigenvalue weighted by Crippen LogP contribution is 2.19. The molecule has 1 N–H and O–H groups in total. The lowest BCUT2D eigenvalue weighted by Gasteiger charge is -2.30. The zero-order valence-corrected chi connectivity index (χ0v) is 14.3. The van der Waals surface area contributed by atoms with E-state index in [2.05, 4.69) is 12.2 Å². The second-order valence-electron chi connectivity index (χ2n) is 5.80. The summed E-state index contributed by atoms with van der Waals surface area (Å²) >= 11 is 0. The van der Waals surface area contributed by atoms with Gasteiger partial charge >= 0.3 is 0 Å². The van der Waals surface area contributed by atoms with E-state index in [4.69, 9.17) is 0 Å². The number of unbranched alkanes of at least 4 members (excludes halogenated alkanes) is 4. The first-order valence-electron chi connectivity index (χ1n) is 8.26.